The monoisotopic (exact) mass is 269 g/mol. The second-order valence-electron chi connectivity index (χ2n) is 6.03. The Bertz CT molecular complexity index is 373. The lowest BCUT2D eigenvalue weighted by Crippen LogP contribution is -2.27. The van der Waals surface area contributed by atoms with E-state index in [1.807, 2.05) is 24.3 Å². The zero-order valence-electron chi connectivity index (χ0n) is 11.5. The van der Waals surface area contributed by atoms with Gasteiger partial charge in [-0.3, -0.25) is 0 Å². The van der Waals surface area contributed by atoms with Crippen LogP contribution in [0, 0.1) is 5.41 Å². The number of aliphatic hydroxyl groups is 1. The maximum Gasteiger partial charge on any atom is 0.0621 e. The Kier molecular flexibility index (Phi) is 5.64. The topological polar surface area (TPSA) is 46.2 Å². The summed E-state index contributed by atoms with van der Waals surface area (Å²) in [6, 6.07) is 7.61. The fourth-order valence-corrected chi connectivity index (χ4v) is 2.33. The van der Waals surface area contributed by atoms with Crippen LogP contribution in [0.1, 0.15) is 45.1 Å². The first-order chi connectivity index (χ1) is 8.35. The average molecular weight is 270 g/mol. The Balaban J connectivity index is 2.75. The summed E-state index contributed by atoms with van der Waals surface area (Å²) in [5.41, 5.74) is 6.97. The van der Waals surface area contributed by atoms with Crippen molar-refractivity contribution < 1.29 is 5.11 Å². The highest BCUT2D eigenvalue weighted by molar-refractivity contribution is 6.31. The lowest BCUT2D eigenvalue weighted by atomic mass is 9.84. The average Bonchev–Trinajstić information content (AvgIpc) is 2.29. The van der Waals surface area contributed by atoms with Crippen molar-refractivity contribution in [3.05, 3.63) is 34.9 Å². The summed E-state index contributed by atoms with van der Waals surface area (Å²) in [5.74, 6) is -0.0824. The Hall–Kier alpha value is -0.570. The van der Waals surface area contributed by atoms with Crippen LogP contribution in [0.15, 0.2) is 24.3 Å². The predicted molar refractivity (Wildman–Crippen MR) is 77.9 cm³/mol. The Morgan fingerprint density at radius 2 is 1.89 bits per heavy atom. The van der Waals surface area contributed by atoms with Crippen molar-refractivity contribution in [3.8, 4) is 0 Å². The molecule has 2 unspecified atom stereocenters. The third-order valence-electron chi connectivity index (χ3n) is 3.21. The standard InChI is InChI=1S/C15H24ClNO/c1-15(2,3)9-8-14(18)12(10-17)11-6-4-5-7-13(11)16/h4-7,12,14,18H,8-10,17H2,1-3H3. The maximum atomic E-state index is 10.3. The molecular weight excluding hydrogens is 246 g/mol. The van der Waals surface area contributed by atoms with Crippen molar-refractivity contribution in [2.45, 2.75) is 45.6 Å². The number of hydrogen-bond donors (Lipinski definition) is 2. The third kappa shape index (κ3) is 4.60. The van der Waals surface area contributed by atoms with Gasteiger partial charge in [-0.1, -0.05) is 50.6 Å². The molecule has 0 saturated carbocycles. The second kappa shape index (κ2) is 6.55. The smallest absolute Gasteiger partial charge is 0.0621 e. The second-order valence-corrected chi connectivity index (χ2v) is 6.44. The van der Waals surface area contributed by atoms with Crippen LogP contribution in [0.4, 0.5) is 0 Å². The molecule has 0 amide bonds. The molecule has 0 heterocycles. The summed E-state index contributed by atoms with van der Waals surface area (Å²) in [5, 5.41) is 11.0. The molecule has 0 aromatic heterocycles. The Labute approximate surface area is 115 Å². The highest BCUT2D eigenvalue weighted by atomic mass is 35.5. The molecule has 0 spiro atoms. The Morgan fingerprint density at radius 3 is 2.39 bits per heavy atom. The molecule has 0 saturated heterocycles. The van der Waals surface area contributed by atoms with Crippen LogP contribution in [-0.4, -0.2) is 17.8 Å². The van der Waals surface area contributed by atoms with Gasteiger partial charge < -0.3 is 10.8 Å². The molecule has 0 radical (unpaired) electrons. The molecule has 3 heteroatoms. The Morgan fingerprint density at radius 1 is 1.28 bits per heavy atom. The quantitative estimate of drug-likeness (QED) is 0.858. The van der Waals surface area contributed by atoms with E-state index >= 15 is 0 Å². The number of nitrogens with two attached hydrogens (primary N) is 1. The first-order valence-corrected chi connectivity index (χ1v) is 6.85. The predicted octanol–water partition coefficient (Wildman–Crippen LogP) is 3.57. The van der Waals surface area contributed by atoms with E-state index in [0.29, 0.717) is 11.6 Å². The van der Waals surface area contributed by atoms with E-state index in [1.165, 1.54) is 0 Å². The molecule has 2 nitrogen and oxygen atoms in total. The highest BCUT2D eigenvalue weighted by Gasteiger charge is 2.23. The van der Waals surface area contributed by atoms with Crippen molar-refractivity contribution in [2.75, 3.05) is 6.54 Å². The molecule has 0 bridgehead atoms. The van der Waals surface area contributed by atoms with Crippen LogP contribution >= 0.6 is 11.6 Å². The summed E-state index contributed by atoms with van der Waals surface area (Å²) in [7, 11) is 0. The van der Waals surface area contributed by atoms with Gasteiger partial charge in [-0.25, -0.2) is 0 Å². The van der Waals surface area contributed by atoms with Crippen LogP contribution < -0.4 is 5.73 Å². The summed E-state index contributed by atoms with van der Waals surface area (Å²) in [4.78, 5) is 0. The zero-order valence-corrected chi connectivity index (χ0v) is 12.2. The molecule has 1 aromatic rings. The van der Waals surface area contributed by atoms with Gasteiger partial charge >= 0.3 is 0 Å². The summed E-state index contributed by atoms with van der Waals surface area (Å²) >= 11 is 6.17. The van der Waals surface area contributed by atoms with Crippen LogP contribution in [0.5, 0.6) is 0 Å². The van der Waals surface area contributed by atoms with Crippen molar-refractivity contribution in [1.82, 2.24) is 0 Å². The third-order valence-corrected chi connectivity index (χ3v) is 3.56. The minimum absolute atomic E-state index is 0.0824. The lowest BCUT2D eigenvalue weighted by molar-refractivity contribution is 0.120. The van der Waals surface area contributed by atoms with E-state index in [1.54, 1.807) is 0 Å². The zero-order chi connectivity index (χ0) is 13.8. The van der Waals surface area contributed by atoms with Crippen LogP contribution in [0.2, 0.25) is 5.02 Å². The van der Waals surface area contributed by atoms with E-state index in [0.717, 1.165) is 18.4 Å². The molecule has 1 aromatic carbocycles. The number of aliphatic hydroxyl groups excluding tert-OH is 1. The minimum Gasteiger partial charge on any atom is -0.392 e. The van der Waals surface area contributed by atoms with Gasteiger partial charge in [0.15, 0.2) is 0 Å². The highest BCUT2D eigenvalue weighted by Crippen LogP contribution is 2.30. The molecule has 0 fully saturated rings. The first-order valence-electron chi connectivity index (χ1n) is 6.47. The van der Waals surface area contributed by atoms with Crippen LogP contribution in [0.3, 0.4) is 0 Å². The molecule has 1 rings (SSSR count). The van der Waals surface area contributed by atoms with Crippen LogP contribution in [0.25, 0.3) is 0 Å². The van der Waals surface area contributed by atoms with Gasteiger partial charge in [-0.2, -0.15) is 0 Å². The molecule has 0 aliphatic carbocycles. The fraction of sp³-hybridized carbons (Fsp3) is 0.600. The number of rotatable bonds is 5. The molecule has 0 aliphatic rings. The molecule has 18 heavy (non-hydrogen) atoms. The van der Waals surface area contributed by atoms with Gasteiger partial charge in [-0.05, 0) is 29.9 Å². The van der Waals surface area contributed by atoms with Crippen molar-refractivity contribution >= 4 is 11.6 Å². The molecule has 102 valence electrons. The van der Waals surface area contributed by atoms with Gasteiger partial charge in [0.25, 0.3) is 0 Å². The van der Waals surface area contributed by atoms with E-state index in [9.17, 15) is 5.11 Å². The molecular formula is C15H24ClNO. The summed E-state index contributed by atoms with van der Waals surface area (Å²) < 4.78 is 0. The number of benzene rings is 1. The van der Waals surface area contributed by atoms with Gasteiger partial charge in [0.05, 0.1) is 6.10 Å². The number of hydrogen-bond acceptors (Lipinski definition) is 2. The first kappa shape index (κ1) is 15.5. The lowest BCUT2D eigenvalue weighted by Gasteiger charge is -2.26. The molecule has 3 N–H and O–H groups in total. The van der Waals surface area contributed by atoms with Gasteiger partial charge in [0, 0.05) is 17.5 Å². The summed E-state index contributed by atoms with van der Waals surface area (Å²) in [6.07, 6.45) is 1.28. The number of halogens is 1. The largest absolute Gasteiger partial charge is 0.392 e. The van der Waals surface area contributed by atoms with Crippen molar-refractivity contribution in [1.29, 1.82) is 0 Å². The van der Waals surface area contributed by atoms with E-state index in [4.69, 9.17) is 17.3 Å². The van der Waals surface area contributed by atoms with Crippen LogP contribution in [-0.2, 0) is 0 Å². The normalized spacial score (nSPS) is 15.4. The van der Waals surface area contributed by atoms with Gasteiger partial charge in [0.2, 0.25) is 0 Å². The molecule has 2 atom stereocenters. The maximum absolute atomic E-state index is 10.3. The molecule has 0 aliphatic heterocycles. The SMILES string of the molecule is CC(C)(C)CCC(O)C(CN)c1ccccc1Cl. The van der Waals surface area contributed by atoms with E-state index < -0.39 is 6.10 Å². The van der Waals surface area contributed by atoms with Crippen molar-refractivity contribution in [3.63, 3.8) is 0 Å². The van der Waals surface area contributed by atoms with Gasteiger partial charge in [-0.15, -0.1) is 0 Å². The minimum atomic E-state index is -0.436. The van der Waals surface area contributed by atoms with E-state index in [2.05, 4.69) is 20.8 Å². The van der Waals surface area contributed by atoms with Gasteiger partial charge in [0.1, 0.15) is 0 Å². The van der Waals surface area contributed by atoms with E-state index in [-0.39, 0.29) is 11.3 Å². The van der Waals surface area contributed by atoms with Crippen molar-refractivity contribution in [2.24, 2.45) is 11.1 Å². The fourth-order valence-electron chi connectivity index (χ4n) is 2.05. The summed E-state index contributed by atoms with van der Waals surface area (Å²) in [6.45, 7) is 6.93.